The maximum Gasteiger partial charge on any atom is 0.248 e. The van der Waals surface area contributed by atoms with Gasteiger partial charge in [0.05, 0.1) is 10.7 Å². The molecule has 1 aromatic carbocycles. The fourth-order valence-electron chi connectivity index (χ4n) is 0.919. The lowest BCUT2D eigenvalue weighted by molar-refractivity contribution is -0.111. The van der Waals surface area contributed by atoms with Crippen LogP contribution in [0.5, 0.6) is 0 Å². The number of hydrogen-bond acceptors (Lipinski definition) is 1. The van der Waals surface area contributed by atoms with Crippen molar-refractivity contribution in [1.29, 1.82) is 0 Å². The number of amides is 1. The fraction of sp³-hybridized carbons (Fsp3) is 0.100. The number of anilines is 1. The normalized spacial score (nSPS) is 10.5. The molecule has 0 aliphatic carbocycles. The predicted molar refractivity (Wildman–Crippen MR) is 59.9 cm³/mol. The van der Waals surface area contributed by atoms with E-state index in [1.54, 1.807) is 31.2 Å². The highest BCUT2D eigenvalue weighted by atomic mass is 35.5. The van der Waals surface area contributed by atoms with Crippen LogP contribution in [-0.4, -0.2) is 5.91 Å². The predicted octanol–water partition coefficient (Wildman–Crippen LogP) is 3.51. The van der Waals surface area contributed by atoms with Crippen molar-refractivity contribution >= 4 is 34.8 Å². The first-order valence-electron chi connectivity index (χ1n) is 4.02. The second-order valence-corrected chi connectivity index (χ2v) is 3.46. The molecule has 0 saturated carbocycles. The molecule has 0 aliphatic heterocycles. The molecule has 2 nitrogen and oxygen atoms in total. The third-order valence-corrected chi connectivity index (χ3v) is 2.07. The Bertz CT molecular complexity index is 374. The lowest BCUT2D eigenvalue weighted by Crippen LogP contribution is -2.07. The van der Waals surface area contributed by atoms with E-state index >= 15 is 0 Å². The number of halogens is 2. The summed E-state index contributed by atoms with van der Waals surface area (Å²) in [5.74, 6) is -0.225. The van der Waals surface area contributed by atoms with Crippen LogP contribution in [0.2, 0.25) is 10.0 Å². The summed E-state index contributed by atoms with van der Waals surface area (Å²) in [5, 5.41) is 3.61. The van der Waals surface area contributed by atoms with Crippen LogP contribution >= 0.6 is 23.2 Å². The maximum atomic E-state index is 11.2. The topological polar surface area (TPSA) is 29.1 Å². The Morgan fingerprint density at radius 1 is 1.43 bits per heavy atom. The molecule has 1 amide bonds. The Labute approximate surface area is 92.5 Å². The van der Waals surface area contributed by atoms with Crippen LogP contribution in [0.4, 0.5) is 5.69 Å². The number of allylic oxidation sites excluding steroid dienone is 1. The van der Waals surface area contributed by atoms with Crippen molar-refractivity contribution in [2.24, 2.45) is 0 Å². The molecule has 0 radical (unpaired) electrons. The maximum absolute atomic E-state index is 11.2. The van der Waals surface area contributed by atoms with Gasteiger partial charge >= 0.3 is 0 Å². The summed E-state index contributed by atoms with van der Waals surface area (Å²) in [6.07, 6.45) is 3.06. The third kappa shape index (κ3) is 3.05. The Morgan fingerprint density at radius 3 is 2.79 bits per heavy atom. The zero-order chi connectivity index (χ0) is 10.6. The van der Waals surface area contributed by atoms with Gasteiger partial charge in [0.25, 0.3) is 0 Å². The zero-order valence-electron chi connectivity index (χ0n) is 7.55. The summed E-state index contributed by atoms with van der Waals surface area (Å²) in [6.45, 7) is 1.76. The van der Waals surface area contributed by atoms with Crippen LogP contribution in [0.3, 0.4) is 0 Å². The van der Waals surface area contributed by atoms with E-state index in [0.717, 1.165) is 0 Å². The summed E-state index contributed by atoms with van der Waals surface area (Å²) >= 11 is 11.6. The number of carbonyl (C=O) groups excluding carboxylic acids is 1. The van der Waals surface area contributed by atoms with Crippen LogP contribution in [0.15, 0.2) is 30.4 Å². The van der Waals surface area contributed by atoms with Crippen LogP contribution in [0, 0.1) is 0 Å². The number of hydrogen-bond donors (Lipinski definition) is 1. The highest BCUT2D eigenvalue weighted by Crippen LogP contribution is 2.25. The highest BCUT2D eigenvalue weighted by Gasteiger charge is 2.03. The average Bonchev–Trinajstić information content (AvgIpc) is 2.12. The van der Waals surface area contributed by atoms with Crippen LogP contribution in [0.25, 0.3) is 0 Å². The van der Waals surface area contributed by atoms with E-state index in [4.69, 9.17) is 23.2 Å². The molecule has 0 aliphatic rings. The van der Waals surface area contributed by atoms with Gasteiger partial charge in [-0.25, -0.2) is 0 Å². The number of nitrogens with one attached hydrogen (secondary N) is 1. The van der Waals surface area contributed by atoms with Gasteiger partial charge in [0.15, 0.2) is 0 Å². The first kappa shape index (κ1) is 11.1. The van der Waals surface area contributed by atoms with Crippen LogP contribution in [-0.2, 0) is 4.79 Å². The van der Waals surface area contributed by atoms with E-state index in [-0.39, 0.29) is 5.91 Å². The smallest absolute Gasteiger partial charge is 0.248 e. The SMILES string of the molecule is C/C=C/C(=O)Nc1cc(Cl)ccc1Cl. The molecule has 0 fully saturated rings. The minimum Gasteiger partial charge on any atom is -0.321 e. The Balaban J connectivity index is 2.85. The molecule has 1 N–H and O–H groups in total. The largest absolute Gasteiger partial charge is 0.321 e. The van der Waals surface area contributed by atoms with Gasteiger partial charge in [0, 0.05) is 5.02 Å². The van der Waals surface area contributed by atoms with E-state index < -0.39 is 0 Å². The molecular formula is C10H9Cl2NO. The van der Waals surface area contributed by atoms with Gasteiger partial charge < -0.3 is 5.32 Å². The van der Waals surface area contributed by atoms with Gasteiger partial charge in [-0.15, -0.1) is 0 Å². The molecule has 0 saturated heterocycles. The quantitative estimate of drug-likeness (QED) is 0.774. The first-order chi connectivity index (χ1) is 6.63. The molecule has 0 unspecified atom stereocenters. The lowest BCUT2D eigenvalue weighted by Gasteiger charge is -2.04. The van der Waals surface area contributed by atoms with E-state index in [2.05, 4.69) is 5.32 Å². The molecule has 14 heavy (non-hydrogen) atoms. The molecule has 0 aromatic heterocycles. The number of benzene rings is 1. The summed E-state index contributed by atoms with van der Waals surface area (Å²) in [7, 11) is 0. The second-order valence-electron chi connectivity index (χ2n) is 2.61. The summed E-state index contributed by atoms with van der Waals surface area (Å²) in [5.41, 5.74) is 0.516. The molecule has 0 atom stereocenters. The second kappa shape index (κ2) is 5.03. The monoisotopic (exact) mass is 229 g/mol. The third-order valence-electron chi connectivity index (χ3n) is 1.50. The molecule has 0 bridgehead atoms. The summed E-state index contributed by atoms with van der Waals surface area (Å²) in [4.78, 5) is 11.2. The van der Waals surface area contributed by atoms with E-state index in [1.807, 2.05) is 0 Å². The van der Waals surface area contributed by atoms with Crippen LogP contribution < -0.4 is 5.32 Å². The molecular weight excluding hydrogens is 221 g/mol. The number of rotatable bonds is 2. The van der Waals surface area contributed by atoms with Crippen molar-refractivity contribution in [3.05, 3.63) is 40.4 Å². The summed E-state index contributed by atoms with van der Waals surface area (Å²) < 4.78 is 0. The van der Waals surface area contributed by atoms with Crippen molar-refractivity contribution < 1.29 is 4.79 Å². The van der Waals surface area contributed by atoms with E-state index in [1.165, 1.54) is 6.08 Å². The van der Waals surface area contributed by atoms with Crippen molar-refractivity contribution in [1.82, 2.24) is 0 Å². The minimum atomic E-state index is -0.225. The molecule has 0 heterocycles. The van der Waals surface area contributed by atoms with E-state index in [0.29, 0.717) is 15.7 Å². The van der Waals surface area contributed by atoms with Crippen molar-refractivity contribution in [2.75, 3.05) is 5.32 Å². The van der Waals surface area contributed by atoms with Crippen molar-refractivity contribution in [3.8, 4) is 0 Å². The Morgan fingerprint density at radius 2 is 2.14 bits per heavy atom. The van der Waals surface area contributed by atoms with Gasteiger partial charge in [-0.3, -0.25) is 4.79 Å². The van der Waals surface area contributed by atoms with E-state index in [9.17, 15) is 4.79 Å². The Kier molecular flexibility index (Phi) is 3.98. The molecule has 74 valence electrons. The zero-order valence-corrected chi connectivity index (χ0v) is 9.06. The molecule has 1 rings (SSSR count). The van der Waals surface area contributed by atoms with Crippen molar-refractivity contribution in [2.45, 2.75) is 6.92 Å². The molecule has 0 spiro atoms. The molecule has 1 aromatic rings. The lowest BCUT2D eigenvalue weighted by atomic mass is 10.3. The average molecular weight is 230 g/mol. The first-order valence-corrected chi connectivity index (χ1v) is 4.78. The van der Waals surface area contributed by atoms with Crippen molar-refractivity contribution in [3.63, 3.8) is 0 Å². The summed E-state index contributed by atoms with van der Waals surface area (Å²) in [6, 6.07) is 4.90. The standard InChI is InChI=1S/C10H9Cl2NO/c1-2-3-10(14)13-9-6-7(11)4-5-8(9)12/h2-6H,1H3,(H,13,14)/b3-2+. The van der Waals surface area contributed by atoms with Gasteiger partial charge in [-0.2, -0.15) is 0 Å². The molecule has 4 heteroatoms. The fourth-order valence-corrected chi connectivity index (χ4v) is 1.26. The number of carbonyl (C=O) groups is 1. The Hall–Kier alpha value is -0.990. The van der Waals surface area contributed by atoms with Crippen LogP contribution in [0.1, 0.15) is 6.92 Å². The minimum absolute atomic E-state index is 0.225. The highest BCUT2D eigenvalue weighted by molar-refractivity contribution is 6.35. The van der Waals surface area contributed by atoms with Gasteiger partial charge in [-0.05, 0) is 31.2 Å². The van der Waals surface area contributed by atoms with Gasteiger partial charge in [0.2, 0.25) is 5.91 Å². The van der Waals surface area contributed by atoms with Gasteiger partial charge in [-0.1, -0.05) is 29.3 Å². The van der Waals surface area contributed by atoms with Gasteiger partial charge in [0.1, 0.15) is 0 Å².